The van der Waals surface area contributed by atoms with Gasteiger partial charge < -0.3 is 16.0 Å². The molecule has 0 aliphatic rings. The lowest BCUT2D eigenvalue weighted by atomic mass is 10.1. The number of aryl methyl sites for hydroxylation is 1. The summed E-state index contributed by atoms with van der Waals surface area (Å²) in [7, 11) is 1.57. The van der Waals surface area contributed by atoms with Gasteiger partial charge in [-0.15, -0.1) is 0 Å². The Bertz CT molecular complexity index is 835. The average Bonchev–Trinajstić information content (AvgIpc) is 2.66. The molecule has 27 heavy (non-hydrogen) atoms. The highest BCUT2D eigenvalue weighted by molar-refractivity contribution is 6.30. The van der Waals surface area contributed by atoms with Gasteiger partial charge in [0.15, 0.2) is 0 Å². The molecule has 0 aliphatic heterocycles. The van der Waals surface area contributed by atoms with Crippen LogP contribution < -0.4 is 16.0 Å². The van der Waals surface area contributed by atoms with Crippen molar-refractivity contribution in [1.82, 2.24) is 10.6 Å². The number of amides is 3. The van der Waals surface area contributed by atoms with E-state index < -0.39 is 0 Å². The van der Waals surface area contributed by atoms with E-state index in [2.05, 4.69) is 16.0 Å². The van der Waals surface area contributed by atoms with Crippen molar-refractivity contribution in [1.29, 1.82) is 0 Å². The molecule has 0 heterocycles. The monoisotopic (exact) mass is 387 g/mol. The molecule has 0 spiro atoms. The van der Waals surface area contributed by atoms with Gasteiger partial charge in [-0.25, -0.2) is 0 Å². The molecular formula is C20H22ClN3O3. The highest BCUT2D eigenvalue weighted by Gasteiger charge is 2.09. The Morgan fingerprint density at radius 2 is 1.63 bits per heavy atom. The normalized spacial score (nSPS) is 10.2. The second-order valence-electron chi connectivity index (χ2n) is 6.02. The third-order valence-electron chi connectivity index (χ3n) is 3.96. The standard InChI is InChI=1S/C20H22ClN3O3/c1-13-12-15(19(26)22-2)7-10-17(13)24-18(25)4-3-11-23-20(27)14-5-8-16(21)9-6-14/h5-10,12H,3-4,11H2,1-2H3,(H,22,26)(H,23,27)(H,24,25). The van der Waals surface area contributed by atoms with E-state index in [0.29, 0.717) is 34.8 Å². The summed E-state index contributed by atoms with van der Waals surface area (Å²) < 4.78 is 0. The molecule has 0 saturated heterocycles. The highest BCUT2D eigenvalue weighted by atomic mass is 35.5. The topological polar surface area (TPSA) is 87.3 Å². The molecule has 3 amide bonds. The minimum Gasteiger partial charge on any atom is -0.355 e. The van der Waals surface area contributed by atoms with Crippen LogP contribution in [0.2, 0.25) is 5.02 Å². The van der Waals surface area contributed by atoms with Crippen molar-refractivity contribution in [3.8, 4) is 0 Å². The summed E-state index contributed by atoms with van der Waals surface area (Å²) in [5, 5.41) is 8.72. The quantitative estimate of drug-likeness (QED) is 0.638. The fourth-order valence-electron chi connectivity index (χ4n) is 2.46. The Balaban J connectivity index is 1.77. The number of rotatable bonds is 7. The highest BCUT2D eigenvalue weighted by Crippen LogP contribution is 2.17. The molecule has 142 valence electrons. The zero-order valence-electron chi connectivity index (χ0n) is 15.3. The van der Waals surface area contributed by atoms with Crippen LogP contribution in [0.4, 0.5) is 5.69 Å². The number of carbonyl (C=O) groups is 3. The zero-order chi connectivity index (χ0) is 19.8. The van der Waals surface area contributed by atoms with Gasteiger partial charge in [-0.05, 0) is 61.4 Å². The minimum absolute atomic E-state index is 0.147. The first-order chi connectivity index (χ1) is 12.9. The molecule has 0 aromatic heterocycles. The number of hydrogen-bond acceptors (Lipinski definition) is 3. The van der Waals surface area contributed by atoms with Crippen molar-refractivity contribution in [3.05, 3.63) is 64.2 Å². The van der Waals surface area contributed by atoms with Gasteiger partial charge in [-0.1, -0.05) is 11.6 Å². The van der Waals surface area contributed by atoms with Crippen LogP contribution >= 0.6 is 11.6 Å². The second-order valence-corrected chi connectivity index (χ2v) is 6.46. The molecule has 2 aromatic rings. The number of halogens is 1. The molecule has 0 saturated carbocycles. The third kappa shape index (κ3) is 6.11. The third-order valence-corrected chi connectivity index (χ3v) is 4.21. The van der Waals surface area contributed by atoms with Crippen molar-refractivity contribution in [2.24, 2.45) is 0 Å². The number of nitrogens with one attached hydrogen (secondary N) is 3. The Morgan fingerprint density at radius 1 is 0.963 bits per heavy atom. The molecule has 6 nitrogen and oxygen atoms in total. The largest absolute Gasteiger partial charge is 0.355 e. The summed E-state index contributed by atoms with van der Waals surface area (Å²) in [6.45, 7) is 2.22. The van der Waals surface area contributed by atoms with Crippen LogP contribution in [-0.2, 0) is 4.79 Å². The van der Waals surface area contributed by atoms with Crippen LogP contribution in [0.3, 0.4) is 0 Å². The van der Waals surface area contributed by atoms with Gasteiger partial charge in [0, 0.05) is 41.9 Å². The predicted octanol–water partition coefficient (Wildman–Crippen LogP) is 3.16. The van der Waals surface area contributed by atoms with Crippen LogP contribution in [0.25, 0.3) is 0 Å². The van der Waals surface area contributed by atoms with Gasteiger partial charge in [0.1, 0.15) is 0 Å². The molecule has 7 heteroatoms. The number of hydrogen-bond donors (Lipinski definition) is 3. The first-order valence-corrected chi connectivity index (χ1v) is 8.95. The molecule has 0 radical (unpaired) electrons. The van der Waals surface area contributed by atoms with Crippen molar-refractivity contribution in [2.45, 2.75) is 19.8 Å². The van der Waals surface area contributed by atoms with Gasteiger partial charge in [0.05, 0.1) is 0 Å². The van der Waals surface area contributed by atoms with Gasteiger partial charge in [0.2, 0.25) is 5.91 Å². The van der Waals surface area contributed by atoms with E-state index in [0.717, 1.165) is 5.56 Å². The SMILES string of the molecule is CNC(=O)c1ccc(NC(=O)CCCNC(=O)c2ccc(Cl)cc2)c(C)c1. The van der Waals surface area contributed by atoms with Crippen LogP contribution in [0.1, 0.15) is 39.1 Å². The van der Waals surface area contributed by atoms with E-state index in [4.69, 9.17) is 11.6 Å². The molecule has 2 rings (SSSR count). The first kappa shape index (κ1) is 20.5. The van der Waals surface area contributed by atoms with Crippen LogP contribution in [0.5, 0.6) is 0 Å². The van der Waals surface area contributed by atoms with Gasteiger partial charge >= 0.3 is 0 Å². The fourth-order valence-corrected chi connectivity index (χ4v) is 2.58. The Hall–Kier alpha value is -2.86. The number of carbonyl (C=O) groups excluding carboxylic acids is 3. The Kier molecular flexibility index (Phi) is 7.37. The summed E-state index contributed by atoms with van der Waals surface area (Å²) in [4.78, 5) is 35.6. The molecule has 0 fully saturated rings. The average molecular weight is 388 g/mol. The van der Waals surface area contributed by atoms with E-state index in [9.17, 15) is 14.4 Å². The number of anilines is 1. The zero-order valence-corrected chi connectivity index (χ0v) is 16.0. The molecular weight excluding hydrogens is 366 g/mol. The van der Waals surface area contributed by atoms with E-state index in [1.165, 1.54) is 0 Å². The lowest BCUT2D eigenvalue weighted by molar-refractivity contribution is -0.116. The van der Waals surface area contributed by atoms with Crippen molar-refractivity contribution < 1.29 is 14.4 Å². The Labute approximate surface area is 163 Å². The van der Waals surface area contributed by atoms with Gasteiger partial charge in [0.25, 0.3) is 11.8 Å². The van der Waals surface area contributed by atoms with Crippen LogP contribution in [0.15, 0.2) is 42.5 Å². The summed E-state index contributed by atoms with van der Waals surface area (Å²) in [5.41, 5.74) is 2.53. The van der Waals surface area contributed by atoms with E-state index in [1.54, 1.807) is 49.5 Å². The van der Waals surface area contributed by atoms with Crippen molar-refractivity contribution >= 4 is 35.0 Å². The smallest absolute Gasteiger partial charge is 0.251 e. The molecule has 0 aliphatic carbocycles. The van der Waals surface area contributed by atoms with Crippen molar-refractivity contribution in [3.63, 3.8) is 0 Å². The summed E-state index contributed by atoms with van der Waals surface area (Å²) in [6.07, 6.45) is 0.790. The minimum atomic E-state index is -0.201. The molecule has 0 atom stereocenters. The maximum absolute atomic E-state index is 12.1. The molecule has 0 unspecified atom stereocenters. The van der Waals surface area contributed by atoms with E-state index in [1.807, 2.05) is 6.92 Å². The van der Waals surface area contributed by atoms with Crippen LogP contribution in [0, 0.1) is 6.92 Å². The van der Waals surface area contributed by atoms with Crippen LogP contribution in [-0.4, -0.2) is 31.3 Å². The first-order valence-electron chi connectivity index (χ1n) is 8.57. The van der Waals surface area contributed by atoms with Gasteiger partial charge in [-0.2, -0.15) is 0 Å². The summed E-state index contributed by atoms with van der Waals surface area (Å²) >= 11 is 5.79. The summed E-state index contributed by atoms with van der Waals surface area (Å²) in [6, 6.07) is 11.7. The molecule has 3 N–H and O–H groups in total. The lowest BCUT2D eigenvalue weighted by Crippen LogP contribution is -2.25. The number of benzene rings is 2. The lowest BCUT2D eigenvalue weighted by Gasteiger charge is -2.10. The maximum Gasteiger partial charge on any atom is 0.251 e. The maximum atomic E-state index is 12.1. The summed E-state index contributed by atoms with van der Waals surface area (Å²) in [5.74, 6) is -0.522. The second kappa shape index (κ2) is 9.73. The predicted molar refractivity (Wildman–Crippen MR) is 106 cm³/mol. The molecule has 0 bridgehead atoms. The fraction of sp³-hybridized carbons (Fsp3) is 0.250. The van der Waals surface area contributed by atoms with Gasteiger partial charge in [-0.3, -0.25) is 14.4 Å². The van der Waals surface area contributed by atoms with E-state index >= 15 is 0 Å². The van der Waals surface area contributed by atoms with Crippen molar-refractivity contribution in [2.75, 3.05) is 18.9 Å². The van der Waals surface area contributed by atoms with E-state index in [-0.39, 0.29) is 24.1 Å². The molecule has 2 aromatic carbocycles. The Morgan fingerprint density at radius 3 is 2.26 bits per heavy atom.